The van der Waals surface area contributed by atoms with Gasteiger partial charge in [0.15, 0.2) is 5.78 Å². The first-order valence-electron chi connectivity index (χ1n) is 5.31. The zero-order valence-electron chi connectivity index (χ0n) is 9.44. The summed E-state index contributed by atoms with van der Waals surface area (Å²) in [5.41, 5.74) is 0. The Balaban J connectivity index is 1.97. The highest BCUT2D eigenvalue weighted by Crippen LogP contribution is 2.19. The number of aliphatic carboxylic acids is 1. The predicted molar refractivity (Wildman–Crippen MR) is 64.6 cm³/mol. The number of hydrogen-bond donors (Lipinski definition) is 1. The fourth-order valence-corrected chi connectivity index (χ4v) is 2.42. The molecule has 0 radical (unpaired) electrons. The van der Waals surface area contributed by atoms with E-state index >= 15 is 0 Å². The van der Waals surface area contributed by atoms with Crippen molar-refractivity contribution in [3.05, 3.63) is 34.5 Å². The highest BCUT2D eigenvalue weighted by molar-refractivity contribution is 7.14. The number of thiophene rings is 1. The van der Waals surface area contributed by atoms with Gasteiger partial charge < -0.3 is 9.67 Å². The minimum Gasteiger partial charge on any atom is -0.481 e. The van der Waals surface area contributed by atoms with Crippen LogP contribution in [0.5, 0.6) is 0 Å². The van der Waals surface area contributed by atoms with Crippen LogP contribution in [0.2, 0.25) is 0 Å². The van der Waals surface area contributed by atoms with E-state index in [0.29, 0.717) is 11.4 Å². The molecule has 0 saturated carbocycles. The molecule has 1 N–H and O–H groups in total. The first kappa shape index (κ1) is 12.4. The fourth-order valence-electron chi connectivity index (χ4n) is 1.44. The molecule has 0 aliphatic heterocycles. The summed E-state index contributed by atoms with van der Waals surface area (Å²) in [6, 6.07) is 3.59. The van der Waals surface area contributed by atoms with Gasteiger partial charge >= 0.3 is 5.97 Å². The minimum absolute atomic E-state index is 0.0436. The number of ketones is 1. The average Bonchev–Trinajstić information content (AvgIpc) is 2.98. The number of carbonyl (C=O) groups is 2. The van der Waals surface area contributed by atoms with Gasteiger partial charge in [0.05, 0.1) is 17.8 Å². The number of aromatic nitrogens is 3. The van der Waals surface area contributed by atoms with Crippen LogP contribution in [-0.2, 0) is 11.3 Å². The highest BCUT2D eigenvalue weighted by atomic mass is 32.1. The summed E-state index contributed by atoms with van der Waals surface area (Å²) in [5, 5.41) is 15.9. The summed E-state index contributed by atoms with van der Waals surface area (Å²) >= 11 is 1.37. The summed E-state index contributed by atoms with van der Waals surface area (Å²) in [4.78, 5) is 23.7. The molecule has 0 fully saturated rings. The molecule has 0 amide bonds. The van der Waals surface area contributed by atoms with Crippen LogP contribution in [0, 0.1) is 0 Å². The second-order valence-corrected chi connectivity index (χ2v) is 4.89. The number of nitrogens with zero attached hydrogens (tertiary/aromatic N) is 3. The van der Waals surface area contributed by atoms with E-state index in [1.165, 1.54) is 11.3 Å². The molecule has 0 bridgehead atoms. The van der Waals surface area contributed by atoms with E-state index < -0.39 is 5.97 Å². The monoisotopic (exact) mass is 265 g/mol. The first-order valence-corrected chi connectivity index (χ1v) is 6.13. The van der Waals surface area contributed by atoms with Gasteiger partial charge in [-0.3, -0.25) is 9.59 Å². The van der Waals surface area contributed by atoms with Gasteiger partial charge in [-0.2, -0.15) is 0 Å². The van der Waals surface area contributed by atoms with Crippen LogP contribution in [-0.4, -0.2) is 31.6 Å². The molecule has 0 aliphatic rings. The van der Waals surface area contributed by atoms with Crippen LogP contribution in [0.15, 0.2) is 24.8 Å². The van der Waals surface area contributed by atoms with Crippen molar-refractivity contribution in [2.45, 2.75) is 19.4 Å². The smallest absolute Gasteiger partial charge is 0.303 e. The van der Waals surface area contributed by atoms with Gasteiger partial charge in [0, 0.05) is 11.3 Å². The van der Waals surface area contributed by atoms with Crippen LogP contribution < -0.4 is 0 Å². The second-order valence-electron chi connectivity index (χ2n) is 3.72. The number of carboxylic acid groups (broad SMARTS) is 1. The van der Waals surface area contributed by atoms with Gasteiger partial charge in [0.1, 0.15) is 12.7 Å². The van der Waals surface area contributed by atoms with Crippen molar-refractivity contribution in [1.29, 1.82) is 0 Å². The van der Waals surface area contributed by atoms with Gasteiger partial charge in [0.2, 0.25) is 0 Å². The van der Waals surface area contributed by atoms with Gasteiger partial charge in [-0.05, 0) is 12.1 Å². The van der Waals surface area contributed by atoms with Crippen molar-refractivity contribution < 1.29 is 14.7 Å². The largest absolute Gasteiger partial charge is 0.481 e. The molecule has 94 valence electrons. The Morgan fingerprint density at radius 1 is 1.22 bits per heavy atom. The summed E-state index contributed by atoms with van der Waals surface area (Å²) < 4.78 is 1.80. The standard InChI is InChI=1S/C11H11N3O3S/c15-9(2-4-11(16)17)10-3-1-8(18-10)5-14-6-12-13-7-14/h1,3,6-7H,2,4-5H2,(H,16,17). The predicted octanol–water partition coefficient (Wildman–Crippen LogP) is 1.44. The maximum atomic E-state index is 11.7. The molecule has 0 atom stereocenters. The van der Waals surface area contributed by atoms with Gasteiger partial charge in [-0.15, -0.1) is 21.5 Å². The summed E-state index contributed by atoms with van der Waals surface area (Å²) in [6.07, 6.45) is 3.12. The Labute approximate surface area is 107 Å². The molecule has 2 aromatic heterocycles. The van der Waals surface area contributed by atoms with Crippen molar-refractivity contribution in [1.82, 2.24) is 14.8 Å². The molecular weight excluding hydrogens is 254 g/mol. The lowest BCUT2D eigenvalue weighted by molar-refractivity contribution is -0.136. The quantitative estimate of drug-likeness (QED) is 0.799. The SMILES string of the molecule is O=C(O)CCC(=O)c1ccc(Cn2cnnc2)s1. The third-order valence-corrected chi connectivity index (χ3v) is 3.42. The molecule has 2 aromatic rings. The Bertz CT molecular complexity index is 548. The minimum atomic E-state index is -0.954. The maximum absolute atomic E-state index is 11.7. The lowest BCUT2D eigenvalue weighted by atomic mass is 10.2. The Morgan fingerprint density at radius 2 is 1.94 bits per heavy atom. The Morgan fingerprint density at radius 3 is 2.61 bits per heavy atom. The van der Waals surface area contributed by atoms with E-state index in [2.05, 4.69) is 10.2 Å². The molecule has 0 unspecified atom stereocenters. The van der Waals surface area contributed by atoms with Crippen molar-refractivity contribution >= 4 is 23.1 Å². The average molecular weight is 265 g/mol. The van der Waals surface area contributed by atoms with Crippen molar-refractivity contribution in [2.75, 3.05) is 0 Å². The summed E-state index contributed by atoms with van der Waals surface area (Å²) in [7, 11) is 0. The van der Waals surface area contributed by atoms with E-state index in [1.807, 2.05) is 6.07 Å². The zero-order valence-corrected chi connectivity index (χ0v) is 10.3. The molecule has 7 heteroatoms. The van der Waals surface area contributed by atoms with E-state index in [1.54, 1.807) is 23.3 Å². The fraction of sp³-hybridized carbons (Fsp3) is 0.273. The molecule has 0 aliphatic carbocycles. The van der Waals surface area contributed by atoms with Crippen LogP contribution >= 0.6 is 11.3 Å². The summed E-state index contributed by atoms with van der Waals surface area (Å²) in [6.45, 7) is 0.615. The van der Waals surface area contributed by atoms with Crippen molar-refractivity contribution in [3.63, 3.8) is 0 Å². The van der Waals surface area contributed by atoms with E-state index in [4.69, 9.17) is 5.11 Å². The third-order valence-electron chi connectivity index (χ3n) is 2.31. The Hall–Kier alpha value is -2.02. The zero-order chi connectivity index (χ0) is 13.0. The van der Waals surface area contributed by atoms with Gasteiger partial charge in [-0.1, -0.05) is 0 Å². The maximum Gasteiger partial charge on any atom is 0.303 e. The van der Waals surface area contributed by atoms with Gasteiger partial charge in [-0.25, -0.2) is 0 Å². The van der Waals surface area contributed by atoms with Crippen molar-refractivity contribution in [2.24, 2.45) is 0 Å². The molecule has 2 heterocycles. The first-order chi connectivity index (χ1) is 8.65. The topological polar surface area (TPSA) is 85.1 Å². The lowest BCUT2D eigenvalue weighted by Gasteiger charge is -1.96. The molecule has 0 aromatic carbocycles. The number of hydrogen-bond acceptors (Lipinski definition) is 5. The molecule has 0 spiro atoms. The number of carboxylic acids is 1. The van der Waals surface area contributed by atoms with E-state index in [0.717, 1.165) is 4.88 Å². The highest BCUT2D eigenvalue weighted by Gasteiger charge is 2.11. The van der Waals surface area contributed by atoms with Crippen LogP contribution in [0.1, 0.15) is 27.4 Å². The van der Waals surface area contributed by atoms with E-state index in [-0.39, 0.29) is 18.6 Å². The van der Waals surface area contributed by atoms with Crippen LogP contribution in [0.25, 0.3) is 0 Å². The number of carbonyl (C=O) groups excluding carboxylic acids is 1. The molecule has 18 heavy (non-hydrogen) atoms. The van der Waals surface area contributed by atoms with Gasteiger partial charge in [0.25, 0.3) is 0 Å². The van der Waals surface area contributed by atoms with Crippen LogP contribution in [0.3, 0.4) is 0 Å². The molecular formula is C11H11N3O3S. The third kappa shape index (κ3) is 3.24. The summed E-state index contributed by atoms with van der Waals surface area (Å²) in [5.74, 6) is -1.08. The van der Waals surface area contributed by atoms with E-state index in [9.17, 15) is 9.59 Å². The number of rotatable bonds is 6. The second kappa shape index (κ2) is 5.54. The molecule has 0 saturated heterocycles. The van der Waals surface area contributed by atoms with Crippen LogP contribution in [0.4, 0.5) is 0 Å². The van der Waals surface area contributed by atoms with Crippen molar-refractivity contribution in [3.8, 4) is 0 Å². The molecule has 6 nitrogen and oxygen atoms in total. The normalized spacial score (nSPS) is 10.4. The molecule has 2 rings (SSSR count). The lowest BCUT2D eigenvalue weighted by Crippen LogP contribution is -2.01. The Kier molecular flexibility index (Phi) is 3.83. The number of Topliss-reactive ketones (excluding diaryl/α,β-unsaturated/α-hetero) is 1.